The van der Waals surface area contributed by atoms with Crippen LogP contribution in [0.25, 0.3) is 0 Å². The van der Waals surface area contributed by atoms with Gasteiger partial charge in [-0.2, -0.15) is 10.1 Å². The summed E-state index contributed by atoms with van der Waals surface area (Å²) >= 11 is 0. The predicted molar refractivity (Wildman–Crippen MR) is 57.1 cm³/mol. The van der Waals surface area contributed by atoms with Gasteiger partial charge in [0.1, 0.15) is 6.61 Å². The molecule has 2 atom stereocenters. The van der Waals surface area contributed by atoms with Gasteiger partial charge in [0.2, 0.25) is 5.95 Å². The molecule has 3 heterocycles. The molecule has 0 saturated carbocycles. The van der Waals surface area contributed by atoms with Crippen LogP contribution in [0.1, 0.15) is 31.1 Å². The van der Waals surface area contributed by atoms with Crippen LogP contribution in [0.4, 0.5) is 5.95 Å². The Bertz CT molecular complexity index is 373. The van der Waals surface area contributed by atoms with Crippen LogP contribution in [0, 0.1) is 0 Å². The Morgan fingerprint density at radius 3 is 3.19 bits per heavy atom. The van der Waals surface area contributed by atoms with Gasteiger partial charge in [0, 0.05) is 13.2 Å². The fraction of sp³-hybridized carbons (Fsp3) is 0.800. The molecular weight excluding hydrogens is 208 g/mol. The van der Waals surface area contributed by atoms with Crippen LogP contribution in [0.3, 0.4) is 0 Å². The molecule has 16 heavy (non-hydrogen) atoms. The number of nitrogens with zero attached hydrogens (tertiary/aromatic N) is 3. The van der Waals surface area contributed by atoms with E-state index in [1.54, 1.807) is 0 Å². The van der Waals surface area contributed by atoms with Crippen molar-refractivity contribution in [3.63, 3.8) is 0 Å². The van der Waals surface area contributed by atoms with E-state index in [1.165, 1.54) is 0 Å². The first-order chi connectivity index (χ1) is 7.88. The minimum atomic E-state index is -0.111. The highest BCUT2D eigenvalue weighted by Crippen LogP contribution is 2.31. The van der Waals surface area contributed by atoms with Gasteiger partial charge in [-0.25, -0.2) is 4.68 Å². The Morgan fingerprint density at radius 1 is 1.50 bits per heavy atom. The van der Waals surface area contributed by atoms with Crippen LogP contribution in [0.5, 0.6) is 0 Å². The number of hydrogen-bond acceptors (Lipinski definition) is 5. The van der Waals surface area contributed by atoms with Crippen LogP contribution < -0.4 is 5.32 Å². The minimum Gasteiger partial charge on any atom is -0.388 e. The van der Waals surface area contributed by atoms with Gasteiger partial charge in [-0.3, -0.25) is 0 Å². The third-order valence-electron chi connectivity index (χ3n) is 3.25. The highest BCUT2D eigenvalue weighted by molar-refractivity contribution is 5.28. The zero-order valence-electron chi connectivity index (χ0n) is 9.09. The van der Waals surface area contributed by atoms with Crippen molar-refractivity contribution in [2.24, 2.45) is 0 Å². The first-order valence-electron chi connectivity index (χ1n) is 5.80. The van der Waals surface area contributed by atoms with Crippen LogP contribution >= 0.6 is 0 Å². The van der Waals surface area contributed by atoms with Crippen molar-refractivity contribution in [3.8, 4) is 0 Å². The van der Waals surface area contributed by atoms with E-state index >= 15 is 0 Å². The SMILES string of the molecule is OCc1nc2n(n1)C(C1CCCO1)CCN2. The summed E-state index contributed by atoms with van der Waals surface area (Å²) in [5, 5.41) is 16.5. The highest BCUT2D eigenvalue weighted by atomic mass is 16.5. The Morgan fingerprint density at radius 2 is 2.44 bits per heavy atom. The lowest BCUT2D eigenvalue weighted by Crippen LogP contribution is -2.32. The van der Waals surface area contributed by atoms with Gasteiger partial charge in [0.15, 0.2) is 5.82 Å². The Labute approximate surface area is 93.6 Å². The predicted octanol–water partition coefficient (Wildman–Crippen LogP) is 0.306. The number of rotatable bonds is 2. The van der Waals surface area contributed by atoms with Crippen LogP contribution in [-0.2, 0) is 11.3 Å². The average molecular weight is 224 g/mol. The second-order valence-electron chi connectivity index (χ2n) is 4.29. The lowest BCUT2D eigenvalue weighted by Gasteiger charge is -2.28. The first kappa shape index (κ1) is 10.0. The Hall–Kier alpha value is -1.14. The lowest BCUT2D eigenvalue weighted by molar-refractivity contribution is 0.0587. The largest absolute Gasteiger partial charge is 0.388 e. The van der Waals surface area contributed by atoms with Gasteiger partial charge >= 0.3 is 0 Å². The van der Waals surface area contributed by atoms with Crippen LogP contribution in [0.15, 0.2) is 0 Å². The Balaban J connectivity index is 1.89. The van der Waals surface area contributed by atoms with E-state index in [1.807, 2.05) is 4.68 Å². The fourth-order valence-electron chi connectivity index (χ4n) is 2.49. The fourth-order valence-corrected chi connectivity index (χ4v) is 2.49. The number of ether oxygens (including phenoxy) is 1. The van der Waals surface area contributed by atoms with E-state index in [-0.39, 0.29) is 18.8 Å². The third kappa shape index (κ3) is 1.58. The number of nitrogens with one attached hydrogen (secondary N) is 1. The topological polar surface area (TPSA) is 72.2 Å². The van der Waals surface area contributed by atoms with Crippen molar-refractivity contribution in [1.29, 1.82) is 0 Å². The zero-order chi connectivity index (χ0) is 11.0. The van der Waals surface area contributed by atoms with Crippen molar-refractivity contribution >= 4 is 5.95 Å². The molecule has 1 aromatic heterocycles. The quantitative estimate of drug-likeness (QED) is 0.756. The summed E-state index contributed by atoms with van der Waals surface area (Å²) in [7, 11) is 0. The zero-order valence-corrected chi connectivity index (χ0v) is 9.09. The van der Waals surface area contributed by atoms with Crippen molar-refractivity contribution in [1.82, 2.24) is 14.8 Å². The summed E-state index contributed by atoms with van der Waals surface area (Å²) in [4.78, 5) is 4.23. The third-order valence-corrected chi connectivity index (χ3v) is 3.25. The standard InChI is InChI=1S/C10H16N4O2/c15-6-9-12-10-11-4-3-7(14(10)13-9)8-2-1-5-16-8/h7-8,15H,1-6H2,(H,11,12,13). The number of anilines is 1. The van der Waals surface area contributed by atoms with Crippen LogP contribution in [0.2, 0.25) is 0 Å². The normalized spacial score (nSPS) is 28.8. The molecule has 2 aliphatic heterocycles. The van der Waals surface area contributed by atoms with Gasteiger partial charge < -0.3 is 15.2 Å². The summed E-state index contributed by atoms with van der Waals surface area (Å²) in [5.41, 5.74) is 0. The summed E-state index contributed by atoms with van der Waals surface area (Å²) in [5.74, 6) is 1.24. The highest BCUT2D eigenvalue weighted by Gasteiger charge is 2.32. The lowest BCUT2D eigenvalue weighted by atomic mass is 10.0. The van der Waals surface area contributed by atoms with E-state index in [0.717, 1.165) is 38.4 Å². The van der Waals surface area contributed by atoms with E-state index in [0.29, 0.717) is 5.82 Å². The molecule has 0 amide bonds. The van der Waals surface area contributed by atoms with Gasteiger partial charge in [-0.1, -0.05) is 0 Å². The molecule has 6 nitrogen and oxygen atoms in total. The number of fused-ring (bicyclic) bond motifs is 1. The molecular formula is C10H16N4O2. The number of aliphatic hydroxyl groups is 1. The molecule has 2 unspecified atom stereocenters. The van der Waals surface area contributed by atoms with Crippen molar-refractivity contribution in [2.45, 2.75) is 38.0 Å². The molecule has 88 valence electrons. The maximum atomic E-state index is 9.04. The molecule has 2 aliphatic rings. The molecule has 0 bridgehead atoms. The molecule has 1 aromatic rings. The molecule has 0 aromatic carbocycles. The molecule has 0 radical (unpaired) electrons. The summed E-state index contributed by atoms with van der Waals surface area (Å²) in [6.07, 6.45) is 3.49. The monoisotopic (exact) mass is 224 g/mol. The maximum Gasteiger partial charge on any atom is 0.221 e. The molecule has 6 heteroatoms. The molecule has 1 saturated heterocycles. The molecule has 1 fully saturated rings. The Kier molecular flexibility index (Phi) is 2.53. The van der Waals surface area contributed by atoms with Gasteiger partial charge in [0.05, 0.1) is 12.1 Å². The van der Waals surface area contributed by atoms with Gasteiger partial charge in [-0.05, 0) is 19.3 Å². The van der Waals surface area contributed by atoms with E-state index in [9.17, 15) is 0 Å². The molecule has 0 aliphatic carbocycles. The molecule has 2 N–H and O–H groups in total. The second-order valence-corrected chi connectivity index (χ2v) is 4.29. The van der Waals surface area contributed by atoms with Crippen molar-refractivity contribution in [3.05, 3.63) is 5.82 Å². The van der Waals surface area contributed by atoms with E-state index < -0.39 is 0 Å². The average Bonchev–Trinajstić information content (AvgIpc) is 2.97. The number of hydrogen-bond donors (Lipinski definition) is 2. The number of aromatic nitrogens is 3. The van der Waals surface area contributed by atoms with Crippen LogP contribution in [-0.4, -0.2) is 39.1 Å². The number of aliphatic hydroxyl groups excluding tert-OH is 1. The minimum absolute atomic E-state index is 0.111. The maximum absolute atomic E-state index is 9.04. The van der Waals surface area contributed by atoms with E-state index in [4.69, 9.17) is 9.84 Å². The molecule has 0 spiro atoms. The van der Waals surface area contributed by atoms with Crippen molar-refractivity contribution < 1.29 is 9.84 Å². The first-order valence-corrected chi connectivity index (χ1v) is 5.80. The van der Waals surface area contributed by atoms with Crippen molar-refractivity contribution in [2.75, 3.05) is 18.5 Å². The summed E-state index contributed by atoms with van der Waals surface area (Å²) < 4.78 is 7.59. The smallest absolute Gasteiger partial charge is 0.221 e. The summed E-state index contributed by atoms with van der Waals surface area (Å²) in [6, 6.07) is 0.270. The van der Waals surface area contributed by atoms with Gasteiger partial charge in [-0.15, -0.1) is 0 Å². The summed E-state index contributed by atoms with van der Waals surface area (Å²) in [6.45, 7) is 1.64. The van der Waals surface area contributed by atoms with E-state index in [2.05, 4.69) is 15.4 Å². The molecule has 3 rings (SSSR count). The second kappa shape index (κ2) is 4.03. The van der Waals surface area contributed by atoms with Gasteiger partial charge in [0.25, 0.3) is 0 Å².